The Hall–Kier alpha value is -2.67. The van der Waals surface area contributed by atoms with E-state index in [1.807, 2.05) is 35.0 Å². The third kappa shape index (κ3) is 5.72. The van der Waals surface area contributed by atoms with Gasteiger partial charge in [-0.1, -0.05) is 25.8 Å². The first-order valence-corrected chi connectivity index (χ1v) is 8.39. The Kier molecular flexibility index (Phi) is 7.16. The number of hydrogen-bond donors (Lipinski definition) is 2. The summed E-state index contributed by atoms with van der Waals surface area (Å²) in [5.41, 5.74) is 7.47. The maximum Gasteiger partial charge on any atom is 0.180 e. The predicted octanol–water partition coefficient (Wildman–Crippen LogP) is 2.76. The maximum atomic E-state index is 8.20. The standard InChI is InChI=1S/C13H13N5O.C5H12O/c1-9-15-6-11(13(14)16-9)19-8-10-7-18-5-3-2-4-12(18)17-10;1-2-3-4-5-6/h2-7H,8H2,1H3,(H2,14,15,16);6H,2-5H2,1H3. The van der Waals surface area contributed by atoms with Crippen molar-refractivity contribution < 1.29 is 9.84 Å². The molecule has 25 heavy (non-hydrogen) atoms. The van der Waals surface area contributed by atoms with Gasteiger partial charge in [0.15, 0.2) is 11.6 Å². The van der Waals surface area contributed by atoms with Crippen LogP contribution in [0.25, 0.3) is 5.65 Å². The molecular weight excluding hydrogens is 318 g/mol. The van der Waals surface area contributed by atoms with Gasteiger partial charge in [0, 0.05) is 19.0 Å². The first-order valence-electron chi connectivity index (χ1n) is 8.39. The molecule has 0 amide bonds. The van der Waals surface area contributed by atoms with E-state index in [0.29, 0.717) is 30.6 Å². The summed E-state index contributed by atoms with van der Waals surface area (Å²) in [4.78, 5) is 12.5. The number of aliphatic hydroxyl groups is 1. The monoisotopic (exact) mass is 343 g/mol. The molecule has 0 aliphatic heterocycles. The van der Waals surface area contributed by atoms with E-state index in [-0.39, 0.29) is 0 Å². The van der Waals surface area contributed by atoms with E-state index in [1.54, 1.807) is 13.1 Å². The maximum absolute atomic E-state index is 8.20. The van der Waals surface area contributed by atoms with E-state index in [9.17, 15) is 0 Å². The van der Waals surface area contributed by atoms with E-state index >= 15 is 0 Å². The minimum absolute atomic E-state index is 0.332. The zero-order chi connectivity index (χ0) is 18.1. The molecular formula is C18H25N5O2. The number of aliphatic hydroxyl groups excluding tert-OH is 1. The molecule has 7 heteroatoms. The summed E-state index contributed by atoms with van der Waals surface area (Å²) in [6.07, 6.45) is 8.76. The fourth-order valence-electron chi connectivity index (χ4n) is 2.16. The molecule has 0 aliphatic rings. The normalized spacial score (nSPS) is 10.4. The Labute approximate surface area is 147 Å². The molecule has 7 nitrogen and oxygen atoms in total. The zero-order valence-electron chi connectivity index (χ0n) is 14.7. The lowest BCUT2D eigenvalue weighted by atomic mass is 10.3. The highest BCUT2D eigenvalue weighted by Gasteiger charge is 2.06. The second-order valence-corrected chi connectivity index (χ2v) is 5.58. The van der Waals surface area contributed by atoms with Gasteiger partial charge in [0.05, 0.1) is 11.9 Å². The van der Waals surface area contributed by atoms with Gasteiger partial charge in [0.1, 0.15) is 18.1 Å². The van der Waals surface area contributed by atoms with Crippen molar-refractivity contribution in [2.75, 3.05) is 12.3 Å². The molecule has 0 aromatic carbocycles. The number of nitrogens with zero attached hydrogens (tertiary/aromatic N) is 4. The lowest BCUT2D eigenvalue weighted by Gasteiger charge is -2.06. The summed E-state index contributed by atoms with van der Waals surface area (Å²) in [6.45, 7) is 4.59. The quantitative estimate of drug-likeness (QED) is 0.668. The van der Waals surface area contributed by atoms with E-state index in [0.717, 1.165) is 24.2 Å². The molecule has 0 bridgehead atoms. The minimum Gasteiger partial charge on any atom is -0.482 e. The number of unbranched alkanes of at least 4 members (excludes halogenated alkanes) is 2. The number of imidazole rings is 1. The molecule has 0 atom stereocenters. The SMILES string of the molecule is CCCCCO.Cc1ncc(OCc2cn3ccccc3n2)c(N)n1. The summed E-state index contributed by atoms with van der Waals surface area (Å²) in [6, 6.07) is 5.83. The largest absolute Gasteiger partial charge is 0.482 e. The second-order valence-electron chi connectivity index (χ2n) is 5.58. The van der Waals surface area contributed by atoms with E-state index in [1.165, 1.54) is 6.42 Å². The summed E-state index contributed by atoms with van der Waals surface area (Å²) in [5, 5.41) is 8.20. The molecule has 0 fully saturated rings. The Bertz CT molecular complexity index is 751. The van der Waals surface area contributed by atoms with Crippen molar-refractivity contribution in [3.8, 4) is 5.75 Å². The lowest BCUT2D eigenvalue weighted by molar-refractivity contribution is 0.284. The Morgan fingerprint density at radius 3 is 2.72 bits per heavy atom. The minimum atomic E-state index is 0.332. The van der Waals surface area contributed by atoms with Crippen LogP contribution in [0.4, 0.5) is 5.82 Å². The van der Waals surface area contributed by atoms with E-state index < -0.39 is 0 Å². The number of hydrogen-bond acceptors (Lipinski definition) is 6. The first kappa shape index (κ1) is 18.7. The Morgan fingerprint density at radius 1 is 1.24 bits per heavy atom. The van der Waals surface area contributed by atoms with Crippen LogP contribution >= 0.6 is 0 Å². The number of rotatable bonds is 6. The van der Waals surface area contributed by atoms with Crippen molar-refractivity contribution in [1.29, 1.82) is 0 Å². The van der Waals surface area contributed by atoms with Gasteiger partial charge in [-0.15, -0.1) is 0 Å². The van der Waals surface area contributed by atoms with Gasteiger partial charge in [-0.25, -0.2) is 15.0 Å². The van der Waals surface area contributed by atoms with Crippen LogP contribution in [-0.2, 0) is 6.61 Å². The van der Waals surface area contributed by atoms with Crippen LogP contribution in [0, 0.1) is 6.92 Å². The average Bonchev–Trinajstić information content (AvgIpc) is 3.02. The first-order chi connectivity index (χ1) is 12.1. The highest BCUT2D eigenvalue weighted by molar-refractivity contribution is 5.44. The lowest BCUT2D eigenvalue weighted by Crippen LogP contribution is -2.02. The number of ether oxygens (including phenoxy) is 1. The summed E-state index contributed by atoms with van der Waals surface area (Å²) < 4.78 is 7.52. The fourth-order valence-corrected chi connectivity index (χ4v) is 2.16. The highest BCUT2D eigenvalue weighted by atomic mass is 16.5. The van der Waals surface area contributed by atoms with Gasteiger partial charge in [-0.05, 0) is 25.5 Å². The van der Waals surface area contributed by atoms with Crippen molar-refractivity contribution >= 4 is 11.5 Å². The van der Waals surface area contributed by atoms with Gasteiger partial charge >= 0.3 is 0 Å². The molecule has 0 aliphatic carbocycles. The summed E-state index contributed by atoms with van der Waals surface area (Å²) >= 11 is 0. The van der Waals surface area contributed by atoms with Crippen LogP contribution in [0.1, 0.15) is 37.7 Å². The molecule has 3 aromatic rings. The number of fused-ring (bicyclic) bond motifs is 1. The van der Waals surface area contributed by atoms with Crippen molar-refractivity contribution in [1.82, 2.24) is 19.4 Å². The van der Waals surface area contributed by atoms with Gasteiger partial charge in [-0.2, -0.15) is 0 Å². The van der Waals surface area contributed by atoms with Crippen LogP contribution in [0.5, 0.6) is 5.75 Å². The third-order valence-electron chi connectivity index (χ3n) is 3.45. The number of pyridine rings is 1. The molecule has 3 rings (SSSR count). The number of aromatic nitrogens is 4. The average molecular weight is 343 g/mol. The third-order valence-corrected chi connectivity index (χ3v) is 3.45. The van der Waals surface area contributed by atoms with Gasteiger partial charge in [-0.3, -0.25) is 0 Å². The molecule has 3 N–H and O–H groups in total. The van der Waals surface area contributed by atoms with Crippen molar-refractivity contribution in [2.24, 2.45) is 0 Å². The molecule has 0 spiro atoms. The van der Waals surface area contributed by atoms with Crippen LogP contribution in [0.2, 0.25) is 0 Å². The highest BCUT2D eigenvalue weighted by Crippen LogP contribution is 2.18. The molecule has 3 heterocycles. The molecule has 134 valence electrons. The van der Waals surface area contributed by atoms with Crippen molar-refractivity contribution in [2.45, 2.75) is 39.7 Å². The predicted molar refractivity (Wildman–Crippen MR) is 97.3 cm³/mol. The zero-order valence-corrected chi connectivity index (χ0v) is 14.7. The fraction of sp³-hybridized carbons (Fsp3) is 0.389. The molecule has 0 saturated heterocycles. The number of nitrogen functional groups attached to an aromatic ring is 1. The van der Waals surface area contributed by atoms with E-state index in [4.69, 9.17) is 15.6 Å². The number of nitrogens with two attached hydrogens (primary N) is 1. The summed E-state index contributed by atoms with van der Waals surface area (Å²) in [7, 11) is 0. The van der Waals surface area contributed by atoms with Crippen LogP contribution < -0.4 is 10.5 Å². The van der Waals surface area contributed by atoms with Crippen molar-refractivity contribution in [3.63, 3.8) is 0 Å². The smallest absolute Gasteiger partial charge is 0.180 e. The Morgan fingerprint density at radius 2 is 2.08 bits per heavy atom. The number of aryl methyl sites for hydroxylation is 1. The summed E-state index contributed by atoms with van der Waals surface area (Å²) in [5.74, 6) is 1.44. The van der Waals surface area contributed by atoms with Crippen LogP contribution in [-0.4, -0.2) is 31.1 Å². The topological polar surface area (TPSA) is 98.6 Å². The van der Waals surface area contributed by atoms with Crippen molar-refractivity contribution in [3.05, 3.63) is 48.3 Å². The molecule has 3 aromatic heterocycles. The van der Waals surface area contributed by atoms with Gasteiger partial charge < -0.3 is 20.0 Å². The van der Waals surface area contributed by atoms with Gasteiger partial charge in [0.25, 0.3) is 0 Å². The van der Waals surface area contributed by atoms with Crippen LogP contribution in [0.3, 0.4) is 0 Å². The molecule has 0 saturated carbocycles. The van der Waals surface area contributed by atoms with E-state index in [2.05, 4.69) is 21.9 Å². The van der Waals surface area contributed by atoms with Crippen LogP contribution in [0.15, 0.2) is 36.8 Å². The molecule has 0 radical (unpaired) electrons. The molecule has 0 unspecified atom stereocenters. The Balaban J connectivity index is 0.000000326. The number of anilines is 1. The second kappa shape index (κ2) is 9.58. The van der Waals surface area contributed by atoms with Gasteiger partial charge in [0.2, 0.25) is 0 Å².